The van der Waals surface area contributed by atoms with Gasteiger partial charge in [-0.2, -0.15) is 0 Å². The van der Waals surface area contributed by atoms with Crippen LogP contribution in [0.3, 0.4) is 0 Å². The fourth-order valence-corrected chi connectivity index (χ4v) is 3.73. The van der Waals surface area contributed by atoms with Gasteiger partial charge in [0.05, 0.1) is 12.8 Å². The first-order chi connectivity index (χ1) is 14.0. The number of para-hydroxylation sites is 1. The number of rotatable bonds is 4. The van der Waals surface area contributed by atoms with E-state index in [2.05, 4.69) is 9.88 Å². The number of carbonyl (C=O) groups is 2. The van der Waals surface area contributed by atoms with E-state index in [0.29, 0.717) is 11.4 Å². The summed E-state index contributed by atoms with van der Waals surface area (Å²) in [6.45, 7) is 2.83. The second-order valence-corrected chi connectivity index (χ2v) is 6.93. The average Bonchev–Trinajstić information content (AvgIpc) is 3.09. The summed E-state index contributed by atoms with van der Waals surface area (Å²) in [5, 5.41) is 3.64. The third kappa shape index (κ3) is 3.30. The number of amides is 2. The number of nitrogens with one attached hydrogen (secondary N) is 1. The molecule has 0 spiro atoms. The number of thiocarbonyl (C=S) groups is 1. The average molecular weight is 405 g/mol. The van der Waals surface area contributed by atoms with Crippen LogP contribution < -0.4 is 15.0 Å². The lowest BCUT2D eigenvalue weighted by molar-refractivity contribution is -0.122. The minimum atomic E-state index is -0.507. The largest absolute Gasteiger partial charge is 0.497 e. The van der Waals surface area contributed by atoms with Crippen LogP contribution in [0.1, 0.15) is 12.5 Å². The Balaban J connectivity index is 1.80. The van der Waals surface area contributed by atoms with Gasteiger partial charge in [0.2, 0.25) is 0 Å². The Morgan fingerprint density at radius 2 is 1.93 bits per heavy atom. The zero-order chi connectivity index (χ0) is 20.5. The van der Waals surface area contributed by atoms with E-state index in [1.54, 1.807) is 37.5 Å². The van der Waals surface area contributed by atoms with Crippen molar-refractivity contribution < 1.29 is 14.3 Å². The standard InChI is InChI=1S/C22H19N3O3S/c1-3-24-13-14(17-9-4-5-10-19(17)24)11-18-20(26)23-22(29)25(21(18)27)15-7-6-8-16(12-15)28-2/h4-13H,3H2,1-2H3,(H,23,26,29). The molecular weight excluding hydrogens is 386 g/mol. The van der Waals surface area contributed by atoms with Gasteiger partial charge < -0.3 is 9.30 Å². The highest BCUT2D eigenvalue weighted by atomic mass is 32.1. The number of carbonyl (C=O) groups excluding carboxylic acids is 2. The summed E-state index contributed by atoms with van der Waals surface area (Å²) in [6, 6.07) is 14.9. The molecule has 0 unspecified atom stereocenters. The molecule has 0 saturated carbocycles. The molecule has 1 aliphatic rings. The van der Waals surface area contributed by atoms with Crippen molar-refractivity contribution in [3.63, 3.8) is 0 Å². The van der Waals surface area contributed by atoms with Crippen LogP contribution in [-0.2, 0) is 16.1 Å². The quantitative estimate of drug-likeness (QED) is 0.410. The molecule has 1 aliphatic heterocycles. The Labute approximate surface area is 173 Å². The third-order valence-electron chi connectivity index (χ3n) is 4.87. The lowest BCUT2D eigenvalue weighted by atomic mass is 10.1. The smallest absolute Gasteiger partial charge is 0.270 e. The molecule has 0 bridgehead atoms. The number of hydrogen-bond donors (Lipinski definition) is 1. The summed E-state index contributed by atoms with van der Waals surface area (Å²) < 4.78 is 7.32. The minimum absolute atomic E-state index is 0.0282. The second kappa shape index (κ2) is 7.52. The Morgan fingerprint density at radius 1 is 1.14 bits per heavy atom. The van der Waals surface area contributed by atoms with Gasteiger partial charge in [0.15, 0.2) is 5.11 Å². The van der Waals surface area contributed by atoms with Crippen LogP contribution >= 0.6 is 12.2 Å². The summed E-state index contributed by atoms with van der Waals surface area (Å²) >= 11 is 5.26. The van der Waals surface area contributed by atoms with Crippen LogP contribution in [0.2, 0.25) is 0 Å². The maximum absolute atomic E-state index is 13.2. The van der Waals surface area contributed by atoms with Crippen LogP contribution in [0.15, 0.2) is 60.3 Å². The van der Waals surface area contributed by atoms with E-state index in [1.165, 1.54) is 4.90 Å². The van der Waals surface area contributed by atoms with Crippen molar-refractivity contribution in [3.8, 4) is 5.75 Å². The van der Waals surface area contributed by atoms with E-state index in [9.17, 15) is 9.59 Å². The number of aromatic nitrogens is 1. The summed E-state index contributed by atoms with van der Waals surface area (Å²) in [6.07, 6.45) is 3.57. The zero-order valence-electron chi connectivity index (χ0n) is 16.0. The van der Waals surface area contributed by atoms with Gasteiger partial charge >= 0.3 is 0 Å². The molecule has 1 saturated heterocycles. The van der Waals surface area contributed by atoms with Crippen LogP contribution in [0, 0.1) is 0 Å². The number of ether oxygens (including phenoxy) is 1. The molecule has 7 heteroatoms. The molecule has 0 radical (unpaired) electrons. The number of methoxy groups -OCH3 is 1. The minimum Gasteiger partial charge on any atom is -0.497 e. The molecule has 29 heavy (non-hydrogen) atoms. The monoisotopic (exact) mass is 405 g/mol. The van der Waals surface area contributed by atoms with Crippen molar-refractivity contribution in [3.05, 3.63) is 65.9 Å². The second-order valence-electron chi connectivity index (χ2n) is 6.55. The van der Waals surface area contributed by atoms with Crippen molar-refractivity contribution in [1.82, 2.24) is 9.88 Å². The van der Waals surface area contributed by atoms with Crippen LogP contribution in [0.5, 0.6) is 5.75 Å². The van der Waals surface area contributed by atoms with Crippen LogP contribution in [-0.4, -0.2) is 28.6 Å². The fraction of sp³-hybridized carbons (Fsp3) is 0.136. The first kappa shape index (κ1) is 18.9. The van der Waals surface area contributed by atoms with E-state index < -0.39 is 11.8 Å². The number of benzene rings is 2. The maximum atomic E-state index is 13.2. The zero-order valence-corrected chi connectivity index (χ0v) is 16.8. The molecule has 1 fully saturated rings. The normalized spacial score (nSPS) is 15.9. The van der Waals surface area contributed by atoms with Crippen LogP contribution in [0.25, 0.3) is 17.0 Å². The van der Waals surface area contributed by atoms with Crippen molar-refractivity contribution in [2.24, 2.45) is 0 Å². The van der Waals surface area contributed by atoms with Gasteiger partial charge in [0.25, 0.3) is 11.8 Å². The molecule has 0 aliphatic carbocycles. The van der Waals surface area contributed by atoms with E-state index in [4.69, 9.17) is 17.0 Å². The van der Waals surface area contributed by atoms with Gasteiger partial charge in [-0.15, -0.1) is 0 Å². The number of fused-ring (bicyclic) bond motifs is 1. The predicted molar refractivity (Wildman–Crippen MR) is 117 cm³/mol. The maximum Gasteiger partial charge on any atom is 0.270 e. The topological polar surface area (TPSA) is 63.6 Å². The predicted octanol–water partition coefficient (Wildman–Crippen LogP) is 3.50. The Bertz CT molecular complexity index is 1180. The molecule has 4 rings (SSSR count). The Kier molecular flexibility index (Phi) is 4.90. The Hall–Kier alpha value is -3.45. The summed E-state index contributed by atoms with van der Waals surface area (Å²) in [7, 11) is 1.55. The van der Waals surface area contributed by atoms with Gasteiger partial charge in [-0.25, -0.2) is 0 Å². The number of aryl methyl sites for hydroxylation is 1. The summed E-state index contributed by atoms with van der Waals surface area (Å²) in [5.74, 6) is -0.389. The number of anilines is 1. The molecule has 1 aromatic heterocycles. The number of hydrogen-bond acceptors (Lipinski definition) is 4. The molecular formula is C22H19N3O3S. The van der Waals surface area contributed by atoms with E-state index in [1.807, 2.05) is 37.4 Å². The summed E-state index contributed by atoms with van der Waals surface area (Å²) in [5.41, 5.74) is 2.41. The van der Waals surface area contributed by atoms with Crippen LogP contribution in [0.4, 0.5) is 5.69 Å². The Morgan fingerprint density at radius 3 is 2.69 bits per heavy atom. The van der Waals surface area contributed by atoms with Gasteiger partial charge in [-0.05, 0) is 43.4 Å². The van der Waals surface area contributed by atoms with Gasteiger partial charge in [-0.1, -0.05) is 24.3 Å². The molecule has 146 valence electrons. The van der Waals surface area contributed by atoms with Crippen molar-refractivity contribution in [1.29, 1.82) is 0 Å². The van der Waals surface area contributed by atoms with E-state index in [-0.39, 0.29) is 10.7 Å². The summed E-state index contributed by atoms with van der Waals surface area (Å²) in [4.78, 5) is 27.1. The molecule has 0 atom stereocenters. The van der Waals surface area contributed by atoms with Gasteiger partial charge in [0.1, 0.15) is 11.3 Å². The van der Waals surface area contributed by atoms with Crippen molar-refractivity contribution in [2.45, 2.75) is 13.5 Å². The van der Waals surface area contributed by atoms with Crippen molar-refractivity contribution in [2.75, 3.05) is 12.0 Å². The lowest BCUT2D eigenvalue weighted by Crippen LogP contribution is -2.54. The lowest BCUT2D eigenvalue weighted by Gasteiger charge is -2.29. The first-order valence-corrected chi connectivity index (χ1v) is 9.57. The molecule has 2 amide bonds. The molecule has 2 aromatic carbocycles. The van der Waals surface area contributed by atoms with Gasteiger partial charge in [0, 0.05) is 35.3 Å². The molecule has 3 aromatic rings. The highest BCUT2D eigenvalue weighted by Crippen LogP contribution is 2.28. The fourth-order valence-electron chi connectivity index (χ4n) is 3.45. The number of nitrogens with zero attached hydrogens (tertiary/aromatic N) is 2. The molecule has 2 heterocycles. The molecule has 1 N–H and O–H groups in total. The third-order valence-corrected chi connectivity index (χ3v) is 5.16. The van der Waals surface area contributed by atoms with Gasteiger partial charge in [-0.3, -0.25) is 19.8 Å². The first-order valence-electron chi connectivity index (χ1n) is 9.17. The SMILES string of the molecule is CCn1cc(C=C2C(=O)NC(=S)N(c3cccc(OC)c3)C2=O)c2ccccc21. The molecule has 6 nitrogen and oxygen atoms in total. The highest BCUT2D eigenvalue weighted by Gasteiger charge is 2.34. The van der Waals surface area contributed by atoms with E-state index in [0.717, 1.165) is 23.0 Å². The van der Waals surface area contributed by atoms with Crippen molar-refractivity contribution >= 4 is 51.8 Å². The van der Waals surface area contributed by atoms with E-state index >= 15 is 0 Å². The highest BCUT2D eigenvalue weighted by molar-refractivity contribution is 7.80.